The Morgan fingerprint density at radius 3 is 2.65 bits per heavy atom. The first-order valence-electron chi connectivity index (χ1n) is 6.42. The van der Waals surface area contributed by atoms with Crippen molar-refractivity contribution < 1.29 is 0 Å². The maximum Gasteiger partial charge on any atom is 0.0409 e. The standard InChI is InChI=1S/C15H22ClN/c1-15(2,3)14-11(9-17)5-4-10-6-7-12(16)8-13(10)14/h6-8,11,14H,4-5,9,17H2,1-3H3. The van der Waals surface area contributed by atoms with Gasteiger partial charge in [0.2, 0.25) is 0 Å². The Hall–Kier alpha value is -0.530. The Morgan fingerprint density at radius 2 is 2.06 bits per heavy atom. The molecule has 94 valence electrons. The number of fused-ring (bicyclic) bond motifs is 1. The Balaban J connectivity index is 2.49. The lowest BCUT2D eigenvalue weighted by atomic mass is 9.64. The number of hydrogen-bond acceptors (Lipinski definition) is 1. The normalized spacial score (nSPS) is 24.5. The van der Waals surface area contributed by atoms with E-state index in [1.165, 1.54) is 17.5 Å². The minimum atomic E-state index is 0.240. The summed E-state index contributed by atoms with van der Waals surface area (Å²) in [6.45, 7) is 7.68. The summed E-state index contributed by atoms with van der Waals surface area (Å²) in [4.78, 5) is 0. The molecule has 2 N–H and O–H groups in total. The predicted octanol–water partition coefficient (Wildman–Crippen LogP) is 3.99. The number of nitrogens with two attached hydrogens (primary N) is 1. The number of hydrogen-bond donors (Lipinski definition) is 1. The molecule has 1 aliphatic rings. The van der Waals surface area contributed by atoms with Crippen LogP contribution in [0.25, 0.3) is 0 Å². The van der Waals surface area contributed by atoms with E-state index in [-0.39, 0.29) is 5.41 Å². The van der Waals surface area contributed by atoms with E-state index in [0.29, 0.717) is 11.8 Å². The van der Waals surface area contributed by atoms with Crippen LogP contribution in [0.3, 0.4) is 0 Å². The quantitative estimate of drug-likeness (QED) is 0.803. The lowest BCUT2D eigenvalue weighted by Crippen LogP contribution is -2.34. The molecule has 0 fully saturated rings. The van der Waals surface area contributed by atoms with E-state index in [1.54, 1.807) is 0 Å². The average Bonchev–Trinajstić information content (AvgIpc) is 2.25. The van der Waals surface area contributed by atoms with Crippen molar-refractivity contribution in [1.29, 1.82) is 0 Å². The fourth-order valence-corrected chi connectivity index (χ4v) is 3.45. The highest BCUT2D eigenvalue weighted by Gasteiger charge is 2.36. The highest BCUT2D eigenvalue weighted by Crippen LogP contribution is 2.47. The number of rotatable bonds is 1. The van der Waals surface area contributed by atoms with Crippen molar-refractivity contribution in [2.75, 3.05) is 6.54 Å². The molecular formula is C15H22ClN. The lowest BCUT2D eigenvalue weighted by Gasteiger charge is -2.41. The van der Waals surface area contributed by atoms with Gasteiger partial charge in [0.05, 0.1) is 0 Å². The van der Waals surface area contributed by atoms with E-state index in [2.05, 4.69) is 32.9 Å². The van der Waals surface area contributed by atoms with E-state index in [1.807, 2.05) is 6.07 Å². The second kappa shape index (κ2) is 4.62. The first-order valence-corrected chi connectivity index (χ1v) is 6.79. The second-order valence-electron chi connectivity index (χ2n) is 6.22. The van der Waals surface area contributed by atoms with Crippen LogP contribution in [0.15, 0.2) is 18.2 Å². The van der Waals surface area contributed by atoms with Gasteiger partial charge in [-0.3, -0.25) is 0 Å². The molecule has 2 atom stereocenters. The third kappa shape index (κ3) is 2.51. The Bertz CT molecular complexity index is 406. The van der Waals surface area contributed by atoms with Gasteiger partial charge in [-0.25, -0.2) is 0 Å². The van der Waals surface area contributed by atoms with Crippen LogP contribution in [0.1, 0.15) is 44.2 Å². The van der Waals surface area contributed by atoms with E-state index >= 15 is 0 Å². The van der Waals surface area contributed by atoms with Crippen molar-refractivity contribution in [2.24, 2.45) is 17.1 Å². The van der Waals surface area contributed by atoms with Crippen molar-refractivity contribution in [3.05, 3.63) is 34.3 Å². The topological polar surface area (TPSA) is 26.0 Å². The molecule has 1 aromatic rings. The molecule has 1 aliphatic carbocycles. The van der Waals surface area contributed by atoms with Gasteiger partial charge in [-0.15, -0.1) is 0 Å². The summed E-state index contributed by atoms with van der Waals surface area (Å²) in [5, 5.41) is 0.843. The minimum Gasteiger partial charge on any atom is -0.330 e. The third-order valence-electron chi connectivity index (χ3n) is 3.93. The van der Waals surface area contributed by atoms with Crippen molar-refractivity contribution in [3.63, 3.8) is 0 Å². The molecule has 17 heavy (non-hydrogen) atoms. The first kappa shape index (κ1) is 12.9. The largest absolute Gasteiger partial charge is 0.330 e. The maximum atomic E-state index is 6.15. The van der Waals surface area contributed by atoms with E-state index in [4.69, 9.17) is 17.3 Å². The van der Waals surface area contributed by atoms with Crippen LogP contribution in [0.2, 0.25) is 5.02 Å². The molecule has 1 aromatic carbocycles. The zero-order valence-corrected chi connectivity index (χ0v) is 11.7. The summed E-state index contributed by atoms with van der Waals surface area (Å²) in [6.07, 6.45) is 2.34. The van der Waals surface area contributed by atoms with Crippen molar-refractivity contribution in [2.45, 2.75) is 39.5 Å². The van der Waals surface area contributed by atoms with Gasteiger partial charge >= 0.3 is 0 Å². The third-order valence-corrected chi connectivity index (χ3v) is 4.17. The molecule has 2 rings (SSSR count). The van der Waals surface area contributed by atoms with Crippen LogP contribution >= 0.6 is 11.6 Å². The highest BCUT2D eigenvalue weighted by atomic mass is 35.5. The fourth-order valence-electron chi connectivity index (χ4n) is 3.27. The highest BCUT2D eigenvalue weighted by molar-refractivity contribution is 6.30. The van der Waals surface area contributed by atoms with Crippen LogP contribution in [0.4, 0.5) is 0 Å². The summed E-state index contributed by atoms with van der Waals surface area (Å²) in [5.74, 6) is 1.11. The van der Waals surface area contributed by atoms with E-state index in [0.717, 1.165) is 18.0 Å². The van der Waals surface area contributed by atoms with Gasteiger partial charge in [-0.2, -0.15) is 0 Å². The lowest BCUT2D eigenvalue weighted by molar-refractivity contribution is 0.216. The van der Waals surface area contributed by atoms with Crippen molar-refractivity contribution in [3.8, 4) is 0 Å². The zero-order valence-electron chi connectivity index (χ0n) is 11.0. The van der Waals surface area contributed by atoms with Gasteiger partial charge in [0.15, 0.2) is 0 Å². The smallest absolute Gasteiger partial charge is 0.0409 e. The Kier molecular flexibility index (Phi) is 3.51. The van der Waals surface area contributed by atoms with Gasteiger partial charge in [0, 0.05) is 5.02 Å². The van der Waals surface area contributed by atoms with Gasteiger partial charge < -0.3 is 5.73 Å². The molecule has 0 saturated heterocycles. The minimum absolute atomic E-state index is 0.240. The van der Waals surface area contributed by atoms with E-state index < -0.39 is 0 Å². The van der Waals surface area contributed by atoms with Crippen LogP contribution in [-0.4, -0.2) is 6.54 Å². The zero-order chi connectivity index (χ0) is 12.6. The van der Waals surface area contributed by atoms with Crippen molar-refractivity contribution >= 4 is 11.6 Å². The monoisotopic (exact) mass is 251 g/mol. The molecule has 0 spiro atoms. The summed E-state index contributed by atoms with van der Waals surface area (Å²) >= 11 is 6.15. The molecule has 0 heterocycles. The Morgan fingerprint density at radius 1 is 1.35 bits per heavy atom. The molecule has 0 amide bonds. The molecule has 2 unspecified atom stereocenters. The SMILES string of the molecule is CC(C)(C)C1c2cc(Cl)ccc2CCC1CN. The second-order valence-corrected chi connectivity index (χ2v) is 6.66. The molecule has 0 bridgehead atoms. The predicted molar refractivity (Wildman–Crippen MR) is 74.5 cm³/mol. The summed E-state index contributed by atoms with van der Waals surface area (Å²) < 4.78 is 0. The van der Waals surface area contributed by atoms with Gasteiger partial charge in [0.1, 0.15) is 0 Å². The molecule has 0 aromatic heterocycles. The van der Waals surface area contributed by atoms with Crippen LogP contribution < -0.4 is 5.73 Å². The molecule has 2 heteroatoms. The summed E-state index contributed by atoms with van der Waals surface area (Å²) in [7, 11) is 0. The van der Waals surface area contributed by atoms with E-state index in [9.17, 15) is 0 Å². The van der Waals surface area contributed by atoms with Gasteiger partial charge in [-0.05, 0) is 59.9 Å². The number of halogens is 1. The van der Waals surface area contributed by atoms with Crippen LogP contribution in [0, 0.1) is 11.3 Å². The number of aryl methyl sites for hydroxylation is 1. The van der Waals surface area contributed by atoms with Gasteiger partial charge in [-0.1, -0.05) is 38.4 Å². The van der Waals surface area contributed by atoms with Crippen molar-refractivity contribution in [1.82, 2.24) is 0 Å². The summed E-state index contributed by atoms with van der Waals surface area (Å²) in [6, 6.07) is 6.33. The Labute approximate surface area is 109 Å². The molecule has 0 saturated carbocycles. The molecular weight excluding hydrogens is 230 g/mol. The van der Waals surface area contributed by atoms with Crippen LogP contribution in [0.5, 0.6) is 0 Å². The summed E-state index contributed by atoms with van der Waals surface area (Å²) in [5.41, 5.74) is 9.07. The van der Waals surface area contributed by atoms with Crippen LogP contribution in [-0.2, 0) is 6.42 Å². The molecule has 0 radical (unpaired) electrons. The average molecular weight is 252 g/mol. The molecule has 1 nitrogen and oxygen atoms in total. The van der Waals surface area contributed by atoms with Gasteiger partial charge in [0.25, 0.3) is 0 Å². The number of benzene rings is 1. The maximum absolute atomic E-state index is 6.15. The molecule has 0 aliphatic heterocycles. The fraction of sp³-hybridized carbons (Fsp3) is 0.600. The first-order chi connectivity index (χ1) is 7.93.